The van der Waals surface area contributed by atoms with Crippen LogP contribution < -0.4 is 5.32 Å². The first-order valence-electron chi connectivity index (χ1n) is 4.51. The maximum absolute atomic E-state index is 10.8. The highest BCUT2D eigenvalue weighted by Crippen LogP contribution is 2.35. The molecule has 15 heavy (non-hydrogen) atoms. The van der Waals surface area contributed by atoms with Gasteiger partial charge in [0, 0.05) is 21.2 Å². The second-order valence-electron chi connectivity index (χ2n) is 3.21. The average Bonchev–Trinajstić information content (AvgIpc) is 2.27. The third kappa shape index (κ3) is 2.23. The molecule has 1 aromatic carbocycles. The molecule has 1 aliphatic heterocycles. The molecule has 1 atom stereocenters. The number of nitrogens with one attached hydrogen (secondary N) is 1. The zero-order chi connectivity index (χ0) is 10.8. The van der Waals surface area contributed by atoms with Crippen LogP contribution in [0, 0.1) is 0 Å². The fourth-order valence-corrected chi connectivity index (χ4v) is 2.98. The number of carboxylic acids is 1. The van der Waals surface area contributed by atoms with Crippen LogP contribution in [-0.4, -0.2) is 29.1 Å². The molecule has 5 heteroatoms. The van der Waals surface area contributed by atoms with Crippen LogP contribution in [0.15, 0.2) is 28.0 Å². The summed E-state index contributed by atoms with van der Waals surface area (Å²) in [5, 5.41) is 11.9. The first-order valence-corrected chi connectivity index (χ1v) is 6.72. The van der Waals surface area contributed by atoms with E-state index in [4.69, 9.17) is 5.11 Å². The van der Waals surface area contributed by atoms with Gasteiger partial charge in [0.25, 0.3) is 0 Å². The largest absolute Gasteiger partial charge is 0.480 e. The minimum atomic E-state index is -0.790. The predicted molar refractivity (Wildman–Crippen MR) is 64.0 cm³/mol. The summed E-state index contributed by atoms with van der Waals surface area (Å²) in [4.78, 5) is 13.2. The summed E-state index contributed by atoms with van der Waals surface area (Å²) in [6.07, 6.45) is 2.03. The van der Waals surface area contributed by atoms with Gasteiger partial charge in [-0.1, -0.05) is 0 Å². The molecule has 1 aliphatic rings. The minimum Gasteiger partial charge on any atom is -0.480 e. The Kier molecular flexibility index (Phi) is 3.11. The lowest BCUT2D eigenvalue weighted by Crippen LogP contribution is -2.33. The van der Waals surface area contributed by atoms with Gasteiger partial charge in [0.15, 0.2) is 0 Å². The summed E-state index contributed by atoms with van der Waals surface area (Å²) in [5.41, 5.74) is 0.927. The number of aliphatic carboxylic acids is 1. The Bertz CT molecular complexity index is 395. The molecule has 0 saturated carbocycles. The van der Waals surface area contributed by atoms with E-state index >= 15 is 0 Å². The number of anilines is 1. The molecule has 0 radical (unpaired) electrons. The van der Waals surface area contributed by atoms with Gasteiger partial charge >= 0.3 is 5.97 Å². The molecule has 0 saturated heterocycles. The molecule has 3 nitrogen and oxygen atoms in total. The summed E-state index contributed by atoms with van der Waals surface area (Å²) in [6, 6.07) is 5.57. The van der Waals surface area contributed by atoms with Gasteiger partial charge in [0.2, 0.25) is 0 Å². The highest BCUT2D eigenvalue weighted by molar-refractivity contribution is 8.00. The van der Waals surface area contributed by atoms with Crippen molar-refractivity contribution in [3.63, 3.8) is 0 Å². The number of carboxylic acid groups (broad SMARTS) is 1. The van der Waals surface area contributed by atoms with Crippen molar-refractivity contribution in [1.29, 1.82) is 0 Å². The topological polar surface area (TPSA) is 49.3 Å². The summed E-state index contributed by atoms with van der Waals surface area (Å²) < 4.78 is 0. The average molecular weight is 241 g/mol. The van der Waals surface area contributed by atoms with E-state index in [1.54, 1.807) is 23.5 Å². The number of carbonyl (C=O) groups is 1. The van der Waals surface area contributed by atoms with Crippen molar-refractivity contribution in [3.8, 4) is 0 Å². The Morgan fingerprint density at radius 3 is 3.13 bits per heavy atom. The molecule has 0 aliphatic carbocycles. The number of thioether (sulfide) groups is 2. The van der Waals surface area contributed by atoms with E-state index in [2.05, 4.69) is 11.4 Å². The van der Waals surface area contributed by atoms with E-state index in [9.17, 15) is 4.79 Å². The second kappa shape index (κ2) is 4.37. The van der Waals surface area contributed by atoms with Crippen LogP contribution in [0.25, 0.3) is 0 Å². The molecule has 1 aromatic rings. The molecular formula is C10H11NO2S2. The maximum Gasteiger partial charge on any atom is 0.326 e. The lowest BCUT2D eigenvalue weighted by Gasteiger charge is -2.23. The van der Waals surface area contributed by atoms with Gasteiger partial charge in [-0.15, -0.1) is 23.5 Å². The summed E-state index contributed by atoms with van der Waals surface area (Å²) in [6.45, 7) is 0. The second-order valence-corrected chi connectivity index (χ2v) is 5.15. The van der Waals surface area contributed by atoms with Crippen LogP contribution >= 0.6 is 23.5 Å². The number of fused-ring (bicyclic) bond motifs is 1. The third-order valence-corrected chi connectivity index (χ3v) is 4.10. The lowest BCUT2D eigenvalue weighted by molar-refractivity contribution is -0.137. The van der Waals surface area contributed by atoms with Crippen LogP contribution in [0.1, 0.15) is 0 Å². The summed E-state index contributed by atoms with van der Waals surface area (Å²) >= 11 is 3.29. The van der Waals surface area contributed by atoms with E-state index in [0.717, 1.165) is 10.6 Å². The third-order valence-electron chi connectivity index (χ3n) is 2.22. The number of benzene rings is 1. The van der Waals surface area contributed by atoms with Crippen LogP contribution in [0.5, 0.6) is 0 Å². The maximum atomic E-state index is 10.8. The fourth-order valence-electron chi connectivity index (χ4n) is 1.40. The molecule has 1 unspecified atom stereocenters. The minimum absolute atomic E-state index is 0.470. The van der Waals surface area contributed by atoms with Gasteiger partial charge in [-0.2, -0.15) is 0 Å². The molecule has 2 rings (SSSR count). The molecule has 2 N–H and O–H groups in total. The Morgan fingerprint density at radius 2 is 2.47 bits per heavy atom. The SMILES string of the molecule is CSc1ccc2c(c1)SCC(C(=O)O)N2. The van der Waals surface area contributed by atoms with Gasteiger partial charge in [-0.25, -0.2) is 4.79 Å². The van der Waals surface area contributed by atoms with Crippen molar-refractivity contribution < 1.29 is 9.90 Å². The molecule has 0 amide bonds. The van der Waals surface area contributed by atoms with Gasteiger partial charge in [0.05, 0.1) is 0 Å². The van der Waals surface area contributed by atoms with Crippen molar-refractivity contribution in [3.05, 3.63) is 18.2 Å². The molecule has 0 spiro atoms. The van der Waals surface area contributed by atoms with Crippen molar-refractivity contribution in [2.45, 2.75) is 15.8 Å². The first kappa shape index (κ1) is 10.7. The summed E-state index contributed by atoms with van der Waals surface area (Å²) in [5.74, 6) is -0.206. The standard InChI is InChI=1S/C10H11NO2S2/c1-14-6-2-3-7-9(4-6)15-5-8(11-7)10(12)13/h2-4,8,11H,5H2,1H3,(H,12,13). The Balaban J connectivity index is 2.24. The number of hydrogen-bond acceptors (Lipinski definition) is 4. The quantitative estimate of drug-likeness (QED) is 0.779. The molecule has 1 heterocycles. The number of hydrogen-bond donors (Lipinski definition) is 2. The zero-order valence-electron chi connectivity index (χ0n) is 8.19. The normalized spacial score (nSPS) is 19.1. The predicted octanol–water partition coefficient (Wildman–Crippen LogP) is 2.38. The molecule has 0 aromatic heterocycles. The van der Waals surface area contributed by atoms with Crippen LogP contribution in [0.2, 0.25) is 0 Å². The van der Waals surface area contributed by atoms with Crippen molar-refractivity contribution in [2.24, 2.45) is 0 Å². The van der Waals surface area contributed by atoms with E-state index in [-0.39, 0.29) is 0 Å². The Labute approximate surface area is 96.6 Å². The van der Waals surface area contributed by atoms with Crippen molar-refractivity contribution >= 4 is 35.2 Å². The molecular weight excluding hydrogens is 230 g/mol. The van der Waals surface area contributed by atoms with Gasteiger partial charge in [-0.3, -0.25) is 0 Å². The van der Waals surface area contributed by atoms with E-state index in [0.29, 0.717) is 5.75 Å². The Hall–Kier alpha value is -0.810. The van der Waals surface area contributed by atoms with Gasteiger partial charge in [-0.05, 0) is 24.5 Å². The monoisotopic (exact) mass is 241 g/mol. The molecule has 0 bridgehead atoms. The van der Waals surface area contributed by atoms with Gasteiger partial charge < -0.3 is 10.4 Å². The van der Waals surface area contributed by atoms with E-state index in [1.165, 1.54) is 4.90 Å². The van der Waals surface area contributed by atoms with Crippen LogP contribution in [-0.2, 0) is 4.79 Å². The van der Waals surface area contributed by atoms with Crippen LogP contribution in [0.4, 0.5) is 5.69 Å². The highest BCUT2D eigenvalue weighted by Gasteiger charge is 2.23. The van der Waals surface area contributed by atoms with Crippen molar-refractivity contribution in [2.75, 3.05) is 17.3 Å². The highest BCUT2D eigenvalue weighted by atomic mass is 32.2. The van der Waals surface area contributed by atoms with E-state index in [1.807, 2.05) is 18.4 Å². The number of rotatable bonds is 2. The zero-order valence-corrected chi connectivity index (χ0v) is 9.82. The molecule has 80 valence electrons. The van der Waals surface area contributed by atoms with Crippen LogP contribution in [0.3, 0.4) is 0 Å². The lowest BCUT2D eigenvalue weighted by atomic mass is 10.2. The van der Waals surface area contributed by atoms with E-state index < -0.39 is 12.0 Å². The molecule has 0 fully saturated rings. The smallest absolute Gasteiger partial charge is 0.326 e. The Morgan fingerprint density at radius 1 is 1.67 bits per heavy atom. The van der Waals surface area contributed by atoms with Crippen molar-refractivity contribution in [1.82, 2.24) is 0 Å². The summed E-state index contributed by atoms with van der Waals surface area (Å²) in [7, 11) is 0. The first-order chi connectivity index (χ1) is 7.20. The fraction of sp³-hybridized carbons (Fsp3) is 0.300. The van der Waals surface area contributed by atoms with Gasteiger partial charge in [0.1, 0.15) is 6.04 Å².